The van der Waals surface area contributed by atoms with Crippen LogP contribution in [-0.2, 0) is 0 Å². The second-order valence-electron chi connectivity index (χ2n) is 9.46. The lowest BCUT2D eigenvalue weighted by atomic mass is 9.99. The van der Waals surface area contributed by atoms with Gasteiger partial charge >= 0.3 is 0 Å². The molecule has 3 heterocycles. The number of nitrogens with zero attached hydrogens (tertiary/aromatic N) is 3. The number of hydrogen-bond acceptors (Lipinski definition) is 3. The molecule has 5 aromatic carbocycles. The molecule has 0 spiro atoms. The van der Waals surface area contributed by atoms with E-state index in [4.69, 9.17) is 14.4 Å². The molecule has 0 aliphatic carbocycles. The Hall–Kier alpha value is -5.22. The zero-order valence-corrected chi connectivity index (χ0v) is 20.4. The van der Waals surface area contributed by atoms with Gasteiger partial charge in [0.05, 0.1) is 27.8 Å². The molecule has 38 heavy (non-hydrogen) atoms. The number of para-hydroxylation sites is 4. The molecule has 178 valence electrons. The Morgan fingerprint density at radius 1 is 0.526 bits per heavy atom. The summed E-state index contributed by atoms with van der Waals surface area (Å²) < 4.78 is 8.68. The van der Waals surface area contributed by atoms with E-state index in [0.717, 1.165) is 72.4 Å². The van der Waals surface area contributed by atoms with Crippen LogP contribution in [-0.4, -0.2) is 14.4 Å². The number of oxazole rings is 1. The van der Waals surface area contributed by atoms with E-state index in [9.17, 15) is 0 Å². The molecular formula is C34H21N3O. The highest BCUT2D eigenvalue weighted by Gasteiger charge is 2.20. The van der Waals surface area contributed by atoms with Crippen LogP contribution in [0.2, 0.25) is 0 Å². The Labute approximate surface area is 218 Å². The Morgan fingerprint density at radius 3 is 2.11 bits per heavy atom. The Balaban J connectivity index is 1.40. The molecular weight excluding hydrogens is 466 g/mol. The van der Waals surface area contributed by atoms with Crippen LogP contribution >= 0.6 is 0 Å². The molecule has 0 radical (unpaired) electrons. The van der Waals surface area contributed by atoms with E-state index in [0.29, 0.717) is 0 Å². The van der Waals surface area contributed by atoms with Gasteiger partial charge in [-0.2, -0.15) is 0 Å². The van der Waals surface area contributed by atoms with E-state index >= 15 is 0 Å². The van der Waals surface area contributed by atoms with E-state index in [1.807, 2.05) is 42.5 Å². The SMILES string of the molecule is c1ccc(-c2nc(-c3cccc(-c4c5ccccc5n5c4oc4ccccc45)c3)c3ccccc3n2)cc1. The van der Waals surface area contributed by atoms with E-state index < -0.39 is 0 Å². The van der Waals surface area contributed by atoms with Gasteiger partial charge in [-0.1, -0.05) is 97.1 Å². The molecule has 0 saturated carbocycles. The fraction of sp³-hybridized carbons (Fsp3) is 0. The maximum atomic E-state index is 6.45. The van der Waals surface area contributed by atoms with E-state index in [1.165, 1.54) is 0 Å². The summed E-state index contributed by atoms with van der Waals surface area (Å²) in [5.74, 6) is 0.721. The maximum absolute atomic E-state index is 6.45. The van der Waals surface area contributed by atoms with Gasteiger partial charge in [-0.05, 0) is 35.9 Å². The summed E-state index contributed by atoms with van der Waals surface area (Å²) in [6.07, 6.45) is 0. The molecule has 0 amide bonds. The van der Waals surface area contributed by atoms with Crippen molar-refractivity contribution >= 4 is 38.6 Å². The Kier molecular flexibility index (Phi) is 4.49. The summed E-state index contributed by atoms with van der Waals surface area (Å²) >= 11 is 0. The first-order valence-corrected chi connectivity index (χ1v) is 12.7. The largest absolute Gasteiger partial charge is 0.438 e. The van der Waals surface area contributed by atoms with Crippen molar-refractivity contribution < 1.29 is 4.42 Å². The summed E-state index contributed by atoms with van der Waals surface area (Å²) in [7, 11) is 0. The smallest absolute Gasteiger partial charge is 0.213 e. The van der Waals surface area contributed by atoms with E-state index in [1.54, 1.807) is 0 Å². The number of rotatable bonds is 3. The molecule has 8 rings (SSSR count). The fourth-order valence-electron chi connectivity index (χ4n) is 5.50. The van der Waals surface area contributed by atoms with Gasteiger partial charge in [0.2, 0.25) is 5.71 Å². The van der Waals surface area contributed by atoms with Crippen LogP contribution in [0.4, 0.5) is 0 Å². The first-order valence-electron chi connectivity index (χ1n) is 12.7. The molecule has 0 saturated heterocycles. The molecule has 0 bridgehead atoms. The zero-order chi connectivity index (χ0) is 25.1. The van der Waals surface area contributed by atoms with Gasteiger partial charge in [0.15, 0.2) is 11.4 Å². The molecule has 8 aromatic rings. The molecule has 0 aliphatic heterocycles. The second kappa shape index (κ2) is 8.15. The van der Waals surface area contributed by atoms with Crippen molar-refractivity contribution in [2.24, 2.45) is 0 Å². The summed E-state index contributed by atoms with van der Waals surface area (Å²) in [6, 6.07) is 43.6. The van der Waals surface area contributed by atoms with E-state index in [-0.39, 0.29) is 0 Å². The number of benzene rings is 5. The van der Waals surface area contributed by atoms with Crippen LogP contribution in [0.3, 0.4) is 0 Å². The first-order chi connectivity index (χ1) is 18.8. The molecule has 4 heteroatoms. The number of hydrogen-bond donors (Lipinski definition) is 0. The zero-order valence-electron chi connectivity index (χ0n) is 20.4. The topological polar surface area (TPSA) is 43.3 Å². The number of aromatic nitrogens is 3. The average Bonchev–Trinajstić information content (AvgIpc) is 3.52. The fourth-order valence-corrected chi connectivity index (χ4v) is 5.50. The van der Waals surface area contributed by atoms with Crippen LogP contribution in [0.15, 0.2) is 132 Å². The molecule has 0 fully saturated rings. The highest BCUT2D eigenvalue weighted by atomic mass is 16.3. The molecule has 0 aliphatic rings. The molecule has 0 atom stereocenters. The lowest BCUT2D eigenvalue weighted by Crippen LogP contribution is -1.95. The minimum absolute atomic E-state index is 0.721. The highest BCUT2D eigenvalue weighted by Crippen LogP contribution is 2.40. The first kappa shape index (κ1) is 20.9. The van der Waals surface area contributed by atoms with Crippen LogP contribution < -0.4 is 0 Å². The molecule has 0 unspecified atom stereocenters. The molecule has 0 N–H and O–H groups in total. The molecule has 3 aromatic heterocycles. The van der Waals surface area contributed by atoms with Crippen LogP contribution in [0.5, 0.6) is 0 Å². The van der Waals surface area contributed by atoms with Gasteiger partial charge in [-0.25, -0.2) is 9.97 Å². The number of fused-ring (bicyclic) bond motifs is 6. The Morgan fingerprint density at radius 2 is 1.21 bits per heavy atom. The lowest BCUT2D eigenvalue weighted by molar-refractivity contribution is 0.658. The van der Waals surface area contributed by atoms with Crippen molar-refractivity contribution in [2.75, 3.05) is 0 Å². The predicted octanol–water partition coefficient (Wildman–Crippen LogP) is 8.78. The normalized spacial score (nSPS) is 11.7. The van der Waals surface area contributed by atoms with Gasteiger partial charge in [0, 0.05) is 21.9 Å². The van der Waals surface area contributed by atoms with Crippen molar-refractivity contribution in [3.05, 3.63) is 127 Å². The van der Waals surface area contributed by atoms with Crippen molar-refractivity contribution in [3.8, 4) is 33.8 Å². The third-order valence-electron chi connectivity index (χ3n) is 7.20. The second-order valence-corrected chi connectivity index (χ2v) is 9.46. The summed E-state index contributed by atoms with van der Waals surface area (Å²) in [6.45, 7) is 0. The monoisotopic (exact) mass is 487 g/mol. The van der Waals surface area contributed by atoms with Crippen LogP contribution in [0, 0.1) is 0 Å². The standard InChI is InChI=1S/C34H21N3O/c1-2-11-22(12-3-1)33-35-27-17-6-4-15-25(27)32(36-33)24-14-10-13-23(21-24)31-26-16-5-7-18-28(26)37-29-19-8-9-20-30(29)38-34(31)37/h1-21H. The lowest BCUT2D eigenvalue weighted by Gasteiger charge is -2.10. The molecule has 4 nitrogen and oxygen atoms in total. The summed E-state index contributed by atoms with van der Waals surface area (Å²) in [5, 5.41) is 2.19. The van der Waals surface area contributed by atoms with Gasteiger partial charge in [0.1, 0.15) is 0 Å². The van der Waals surface area contributed by atoms with Crippen molar-refractivity contribution in [1.29, 1.82) is 0 Å². The third-order valence-corrected chi connectivity index (χ3v) is 7.20. The van der Waals surface area contributed by atoms with Gasteiger partial charge in [-0.15, -0.1) is 0 Å². The van der Waals surface area contributed by atoms with Gasteiger partial charge in [0.25, 0.3) is 0 Å². The van der Waals surface area contributed by atoms with Crippen molar-refractivity contribution in [1.82, 2.24) is 14.4 Å². The Bertz CT molecular complexity index is 2140. The van der Waals surface area contributed by atoms with Crippen LogP contribution in [0.25, 0.3) is 72.4 Å². The van der Waals surface area contributed by atoms with Crippen molar-refractivity contribution in [3.63, 3.8) is 0 Å². The average molecular weight is 488 g/mol. The third kappa shape index (κ3) is 3.10. The highest BCUT2D eigenvalue weighted by molar-refractivity contribution is 6.07. The van der Waals surface area contributed by atoms with Crippen LogP contribution in [0.1, 0.15) is 0 Å². The van der Waals surface area contributed by atoms with Gasteiger partial charge < -0.3 is 4.42 Å². The maximum Gasteiger partial charge on any atom is 0.213 e. The quantitative estimate of drug-likeness (QED) is 0.250. The minimum atomic E-state index is 0.721. The summed E-state index contributed by atoms with van der Waals surface area (Å²) in [4.78, 5) is 9.96. The predicted molar refractivity (Wildman–Crippen MR) is 154 cm³/mol. The van der Waals surface area contributed by atoms with E-state index in [2.05, 4.69) is 89.3 Å². The van der Waals surface area contributed by atoms with Gasteiger partial charge in [-0.3, -0.25) is 4.40 Å². The summed E-state index contributed by atoms with van der Waals surface area (Å²) in [5.41, 5.74) is 9.97. The minimum Gasteiger partial charge on any atom is -0.438 e. The van der Waals surface area contributed by atoms with Crippen molar-refractivity contribution in [2.45, 2.75) is 0 Å².